The number of carbonyl (C=O) groups excluding carboxylic acids is 1. The fourth-order valence-corrected chi connectivity index (χ4v) is 2.34. The van der Waals surface area contributed by atoms with E-state index in [1.807, 2.05) is 25.1 Å². The first-order valence-electron chi connectivity index (χ1n) is 6.08. The highest BCUT2D eigenvalue weighted by molar-refractivity contribution is 9.10. The number of anilines is 2. The van der Waals surface area contributed by atoms with Gasteiger partial charge in [0.2, 0.25) is 5.91 Å². The first-order valence-corrected chi connectivity index (χ1v) is 7.26. The second-order valence-corrected chi connectivity index (χ2v) is 5.83. The maximum Gasteiger partial charge on any atom is 0.231 e. The molecule has 0 fully saturated rings. The van der Waals surface area contributed by atoms with Crippen LogP contribution in [0.5, 0.6) is 0 Å². The van der Waals surface area contributed by atoms with Gasteiger partial charge in [0.25, 0.3) is 0 Å². The van der Waals surface area contributed by atoms with Crippen molar-refractivity contribution < 1.29 is 4.79 Å². The average molecular weight is 354 g/mol. The molecule has 104 valence electrons. The van der Waals surface area contributed by atoms with Crippen LogP contribution in [0.15, 0.2) is 46.9 Å². The molecule has 3 N–H and O–H groups in total. The Kier molecular flexibility index (Phi) is 4.68. The fourth-order valence-electron chi connectivity index (χ4n) is 1.81. The highest BCUT2D eigenvalue weighted by atomic mass is 79.9. The third-order valence-corrected chi connectivity index (χ3v) is 3.81. The van der Waals surface area contributed by atoms with Crippen LogP contribution in [0.25, 0.3) is 0 Å². The number of rotatable bonds is 3. The van der Waals surface area contributed by atoms with E-state index in [-0.39, 0.29) is 11.8 Å². The van der Waals surface area contributed by atoms with E-state index in [1.54, 1.807) is 24.3 Å². The van der Waals surface area contributed by atoms with E-state index in [2.05, 4.69) is 21.2 Å². The summed E-state index contributed by atoms with van der Waals surface area (Å²) in [6.45, 7) is 1.83. The van der Waals surface area contributed by atoms with Crippen molar-refractivity contribution in [1.29, 1.82) is 0 Å². The fraction of sp³-hybridized carbons (Fsp3) is 0.133. The molecule has 1 amide bonds. The Labute approximate surface area is 131 Å². The lowest BCUT2D eigenvalue weighted by Gasteiger charge is -2.14. The number of benzene rings is 2. The topological polar surface area (TPSA) is 55.1 Å². The summed E-state index contributed by atoms with van der Waals surface area (Å²) < 4.78 is 0.855. The molecule has 0 heterocycles. The minimum Gasteiger partial charge on any atom is -0.399 e. The molecule has 2 aromatic carbocycles. The van der Waals surface area contributed by atoms with Gasteiger partial charge in [0.15, 0.2) is 0 Å². The third kappa shape index (κ3) is 3.52. The lowest BCUT2D eigenvalue weighted by atomic mass is 10.00. The Balaban J connectivity index is 2.17. The zero-order valence-electron chi connectivity index (χ0n) is 10.9. The summed E-state index contributed by atoms with van der Waals surface area (Å²) in [5.74, 6) is -0.441. The van der Waals surface area contributed by atoms with Crippen molar-refractivity contribution in [3.63, 3.8) is 0 Å². The summed E-state index contributed by atoms with van der Waals surface area (Å²) in [6.07, 6.45) is 0. The van der Waals surface area contributed by atoms with E-state index < -0.39 is 0 Å². The highest BCUT2D eigenvalue weighted by Crippen LogP contribution is 2.27. The first-order chi connectivity index (χ1) is 9.47. The molecule has 0 saturated heterocycles. The number of nitrogens with two attached hydrogens (primary N) is 1. The van der Waals surface area contributed by atoms with E-state index >= 15 is 0 Å². The van der Waals surface area contributed by atoms with Gasteiger partial charge in [0.1, 0.15) is 0 Å². The van der Waals surface area contributed by atoms with Gasteiger partial charge in [0, 0.05) is 10.2 Å². The normalized spacial score (nSPS) is 11.9. The Morgan fingerprint density at radius 3 is 2.75 bits per heavy atom. The van der Waals surface area contributed by atoms with Crippen molar-refractivity contribution in [2.75, 3.05) is 11.1 Å². The van der Waals surface area contributed by atoms with Crippen molar-refractivity contribution in [1.82, 2.24) is 0 Å². The molecule has 0 radical (unpaired) electrons. The van der Waals surface area contributed by atoms with Gasteiger partial charge in [-0.25, -0.2) is 0 Å². The molecule has 0 aliphatic carbocycles. The van der Waals surface area contributed by atoms with Gasteiger partial charge < -0.3 is 11.1 Å². The SMILES string of the molecule is CC(C(=O)Nc1cc(Br)ccc1Cl)c1cccc(N)c1. The molecule has 0 aliphatic rings. The molecule has 2 rings (SSSR count). The van der Waals surface area contributed by atoms with E-state index in [0.29, 0.717) is 16.4 Å². The lowest BCUT2D eigenvalue weighted by molar-refractivity contribution is -0.117. The first kappa shape index (κ1) is 14.9. The summed E-state index contributed by atoms with van der Waals surface area (Å²) in [4.78, 5) is 12.3. The van der Waals surface area contributed by atoms with Crippen LogP contribution in [0.1, 0.15) is 18.4 Å². The second-order valence-electron chi connectivity index (χ2n) is 4.51. The molecule has 5 heteroatoms. The molecule has 1 unspecified atom stereocenters. The summed E-state index contributed by atoms with van der Waals surface area (Å²) in [5, 5.41) is 3.33. The second kappa shape index (κ2) is 6.29. The number of amides is 1. The summed E-state index contributed by atoms with van der Waals surface area (Å²) >= 11 is 9.41. The Morgan fingerprint density at radius 2 is 2.05 bits per heavy atom. The van der Waals surface area contributed by atoms with Crippen LogP contribution in [0.4, 0.5) is 11.4 Å². The minimum atomic E-state index is -0.312. The molecule has 3 nitrogen and oxygen atoms in total. The third-order valence-electron chi connectivity index (χ3n) is 2.99. The van der Waals surface area contributed by atoms with E-state index in [1.165, 1.54) is 0 Å². The van der Waals surface area contributed by atoms with Crippen LogP contribution < -0.4 is 11.1 Å². The molecular weight excluding hydrogens is 340 g/mol. The Hall–Kier alpha value is -1.52. The van der Waals surface area contributed by atoms with Crippen LogP contribution in [-0.4, -0.2) is 5.91 Å². The van der Waals surface area contributed by atoms with Gasteiger partial charge >= 0.3 is 0 Å². The van der Waals surface area contributed by atoms with Crippen molar-refractivity contribution in [3.8, 4) is 0 Å². The van der Waals surface area contributed by atoms with Crippen LogP contribution in [0, 0.1) is 0 Å². The Morgan fingerprint density at radius 1 is 1.30 bits per heavy atom. The largest absolute Gasteiger partial charge is 0.399 e. The van der Waals surface area contributed by atoms with Crippen LogP contribution >= 0.6 is 27.5 Å². The molecule has 2 aromatic rings. The van der Waals surface area contributed by atoms with E-state index in [0.717, 1.165) is 10.0 Å². The summed E-state index contributed by atoms with van der Waals surface area (Å²) in [7, 11) is 0. The molecule has 0 spiro atoms. The van der Waals surface area contributed by atoms with Crippen molar-refractivity contribution >= 4 is 44.8 Å². The summed E-state index contributed by atoms with van der Waals surface area (Å²) in [5.41, 5.74) is 7.83. The van der Waals surface area contributed by atoms with Gasteiger partial charge in [-0.2, -0.15) is 0 Å². The lowest BCUT2D eigenvalue weighted by Crippen LogP contribution is -2.19. The molecule has 0 bridgehead atoms. The van der Waals surface area contributed by atoms with Gasteiger partial charge in [-0.05, 0) is 42.8 Å². The molecular formula is C15H14BrClN2O. The molecule has 0 saturated carbocycles. The molecule has 20 heavy (non-hydrogen) atoms. The van der Waals surface area contributed by atoms with Crippen molar-refractivity contribution in [3.05, 3.63) is 57.5 Å². The maximum atomic E-state index is 12.3. The number of hydrogen-bond acceptors (Lipinski definition) is 2. The van der Waals surface area contributed by atoms with Gasteiger partial charge in [0.05, 0.1) is 16.6 Å². The standard InChI is InChI=1S/C15H14BrClN2O/c1-9(10-3-2-4-12(18)7-10)15(20)19-14-8-11(16)5-6-13(14)17/h2-9H,18H2,1H3,(H,19,20). The van der Waals surface area contributed by atoms with Gasteiger partial charge in [-0.15, -0.1) is 0 Å². The number of halogens is 2. The Bertz CT molecular complexity index is 646. The average Bonchev–Trinajstić information content (AvgIpc) is 2.42. The molecule has 0 aromatic heterocycles. The van der Waals surface area contributed by atoms with Gasteiger partial charge in [-0.3, -0.25) is 4.79 Å². The monoisotopic (exact) mass is 352 g/mol. The van der Waals surface area contributed by atoms with Crippen LogP contribution in [-0.2, 0) is 4.79 Å². The maximum absolute atomic E-state index is 12.3. The van der Waals surface area contributed by atoms with E-state index in [9.17, 15) is 4.79 Å². The smallest absolute Gasteiger partial charge is 0.231 e. The highest BCUT2D eigenvalue weighted by Gasteiger charge is 2.16. The van der Waals surface area contributed by atoms with Crippen LogP contribution in [0.3, 0.4) is 0 Å². The zero-order valence-corrected chi connectivity index (χ0v) is 13.2. The zero-order chi connectivity index (χ0) is 14.7. The predicted octanol–water partition coefficient (Wildman–Crippen LogP) is 4.43. The van der Waals surface area contributed by atoms with Crippen molar-refractivity contribution in [2.45, 2.75) is 12.8 Å². The van der Waals surface area contributed by atoms with E-state index in [4.69, 9.17) is 17.3 Å². The number of hydrogen-bond donors (Lipinski definition) is 2. The molecule has 0 aliphatic heterocycles. The van der Waals surface area contributed by atoms with Gasteiger partial charge in [-0.1, -0.05) is 39.7 Å². The number of carbonyl (C=O) groups is 1. The quantitative estimate of drug-likeness (QED) is 0.802. The molecule has 1 atom stereocenters. The van der Waals surface area contributed by atoms with Crippen LogP contribution in [0.2, 0.25) is 5.02 Å². The van der Waals surface area contributed by atoms with Crippen molar-refractivity contribution in [2.24, 2.45) is 0 Å². The minimum absolute atomic E-state index is 0.129. The number of nitrogen functional groups attached to an aromatic ring is 1. The number of nitrogens with one attached hydrogen (secondary N) is 1. The predicted molar refractivity (Wildman–Crippen MR) is 87.1 cm³/mol. The summed E-state index contributed by atoms with van der Waals surface area (Å²) in [6, 6.07) is 12.6.